The van der Waals surface area contributed by atoms with Crippen molar-refractivity contribution in [1.29, 1.82) is 0 Å². The molecule has 0 saturated carbocycles. The highest BCUT2D eigenvalue weighted by Crippen LogP contribution is 2.49. The topological polar surface area (TPSA) is 250 Å². The van der Waals surface area contributed by atoms with E-state index in [-0.39, 0.29) is 79.8 Å². The second kappa shape index (κ2) is 26.0. The minimum atomic E-state index is -1.89. The molecule has 24 heteroatoms. The predicted molar refractivity (Wildman–Crippen MR) is 297 cm³/mol. The van der Waals surface area contributed by atoms with E-state index in [1.54, 1.807) is 45.2 Å². The zero-order chi connectivity index (χ0) is 58.5. The molecule has 0 aliphatic carbocycles. The van der Waals surface area contributed by atoms with Crippen molar-refractivity contribution >= 4 is 89.2 Å². The highest BCUT2D eigenvalue weighted by molar-refractivity contribution is 8.00. The number of anilines is 1. The number of hydrogen-bond donors (Lipinski definition) is 3. The Balaban J connectivity index is 1.05. The zero-order valence-electron chi connectivity index (χ0n) is 47.3. The van der Waals surface area contributed by atoms with Gasteiger partial charge in [0.1, 0.15) is 40.7 Å². The number of hydrogen-bond acceptors (Lipinski definition) is 18. The summed E-state index contributed by atoms with van der Waals surface area (Å²) in [6.07, 6.45) is 1.22. The van der Waals surface area contributed by atoms with Crippen LogP contribution < -0.4 is 15.0 Å². The molecule has 0 aromatic heterocycles. The monoisotopic (exact) mass is 1160 g/mol. The van der Waals surface area contributed by atoms with E-state index in [0.29, 0.717) is 37.3 Å². The third-order valence-electron chi connectivity index (χ3n) is 15.5. The molecule has 1 aromatic carbocycles. The van der Waals surface area contributed by atoms with Gasteiger partial charge in [-0.15, -0.1) is 11.8 Å². The fourth-order valence-corrected chi connectivity index (χ4v) is 11.8. The van der Waals surface area contributed by atoms with Crippen LogP contribution in [-0.2, 0) is 68.4 Å². The molecule has 10 atom stereocenters. The summed E-state index contributed by atoms with van der Waals surface area (Å²) >= 11 is 12.2. The maximum Gasteiger partial charge on any atom is 0.409 e. The maximum absolute atomic E-state index is 14.4. The molecule has 7 amide bonds. The number of alkyl carbamates (subject to hydrolysis) is 1. The molecule has 0 spiro atoms. The number of amides is 7. The van der Waals surface area contributed by atoms with Gasteiger partial charge in [-0.3, -0.25) is 43.9 Å². The molecule has 5 aliphatic rings. The Morgan fingerprint density at radius 3 is 2.29 bits per heavy atom. The molecule has 21 nitrogen and oxygen atoms in total. The first kappa shape index (κ1) is 63.4. The lowest BCUT2D eigenvalue weighted by Crippen LogP contribution is -2.63. The molecule has 4 saturated heterocycles. The minimum Gasteiger partial charge on any atom is -0.495 e. The van der Waals surface area contributed by atoms with Crippen LogP contribution in [0.2, 0.25) is 5.02 Å². The Labute approximate surface area is 477 Å². The summed E-state index contributed by atoms with van der Waals surface area (Å²) in [5, 5.41) is 13.2. The first-order valence-corrected chi connectivity index (χ1v) is 28.5. The van der Waals surface area contributed by atoms with Crippen LogP contribution >= 0.6 is 36.0 Å². The number of allylic oxidation sites excluding steroid dienone is 3. The van der Waals surface area contributed by atoms with E-state index in [9.17, 15) is 43.5 Å². The number of ether oxygens (including phenoxy) is 7. The number of benzene rings is 1. The van der Waals surface area contributed by atoms with Crippen molar-refractivity contribution < 1.29 is 76.6 Å². The number of thioether (sulfide) groups is 1. The third kappa shape index (κ3) is 15.4. The van der Waals surface area contributed by atoms with E-state index >= 15 is 0 Å². The van der Waals surface area contributed by atoms with Crippen molar-refractivity contribution in [2.75, 3.05) is 65.3 Å². The first-order valence-electron chi connectivity index (χ1n) is 26.6. The molecular formula is C55H78ClN5O16S2. The van der Waals surface area contributed by atoms with Gasteiger partial charge in [0.25, 0.3) is 0 Å². The van der Waals surface area contributed by atoms with E-state index in [0.717, 1.165) is 11.1 Å². The lowest BCUT2D eigenvalue weighted by atomic mass is 9.83. The first-order chi connectivity index (χ1) is 36.9. The van der Waals surface area contributed by atoms with Gasteiger partial charge in [-0.2, -0.15) is 12.6 Å². The molecule has 438 valence electrons. The Hall–Kier alpha value is -4.75. The van der Waals surface area contributed by atoms with Gasteiger partial charge < -0.3 is 48.1 Å². The number of fused-ring (bicyclic) bond motifs is 5. The van der Waals surface area contributed by atoms with Crippen LogP contribution in [0.1, 0.15) is 106 Å². The van der Waals surface area contributed by atoms with Crippen LogP contribution in [0.25, 0.3) is 0 Å². The van der Waals surface area contributed by atoms with Gasteiger partial charge in [-0.25, -0.2) is 9.59 Å². The van der Waals surface area contributed by atoms with Crippen molar-refractivity contribution in [3.8, 4) is 5.75 Å². The average molecular weight is 1160 g/mol. The lowest BCUT2D eigenvalue weighted by Gasteiger charge is -2.42. The van der Waals surface area contributed by atoms with Crippen molar-refractivity contribution in [1.82, 2.24) is 20.0 Å². The number of rotatable bonds is 20. The van der Waals surface area contributed by atoms with Gasteiger partial charge in [-0.1, -0.05) is 42.3 Å². The van der Waals surface area contributed by atoms with E-state index in [1.165, 1.54) is 59.6 Å². The smallest absolute Gasteiger partial charge is 0.409 e. The molecule has 5 aliphatic heterocycles. The second-order valence-corrected chi connectivity index (χ2v) is 24.7. The van der Waals surface area contributed by atoms with Gasteiger partial charge in [0.2, 0.25) is 35.4 Å². The summed E-state index contributed by atoms with van der Waals surface area (Å²) in [5.74, 6) is -3.16. The fourth-order valence-electron chi connectivity index (χ4n) is 10.1. The van der Waals surface area contributed by atoms with Crippen LogP contribution in [0.15, 0.2) is 35.9 Å². The summed E-state index contributed by atoms with van der Waals surface area (Å²) in [7, 11) is 5.86. The van der Waals surface area contributed by atoms with Crippen LogP contribution in [0.5, 0.6) is 5.75 Å². The summed E-state index contributed by atoms with van der Waals surface area (Å²) in [6, 6.07) is 2.38. The molecule has 79 heavy (non-hydrogen) atoms. The maximum atomic E-state index is 14.4. The summed E-state index contributed by atoms with van der Waals surface area (Å²) in [5.41, 5.74) is -2.51. The second-order valence-electron chi connectivity index (χ2n) is 22.4. The van der Waals surface area contributed by atoms with E-state index in [1.807, 2.05) is 40.7 Å². The molecule has 0 radical (unpaired) electrons. The standard InChI is InChI=1S/C55H78ClN5O16S2/c1-31-14-13-15-40(72-12)55(70)30-37(75-51(69)57-55)32(2)47-54(8,77-47)41(29-43(63)59(10)35-25-34(24-31)26-36(71-11)46(35)56)76-50(68)33(3)58(9)42(62)16-23-79-39-28-45(65)61(49(39)67)20-22-74-53(6,7)18-21-73-52(4,5)17-19-60-44(64)27-38(78)48(60)66/h13-15,25-26,32-33,37-41,47,70,78H,16-24,27-30H2,1-12H3,(H,57,69)/b15-13+,31-14+/t32-,33-,37+,38?,39?,40-,41+,47+,54+,55+/m1/s1. The van der Waals surface area contributed by atoms with Crippen molar-refractivity contribution in [3.05, 3.63) is 46.5 Å². The lowest BCUT2D eigenvalue weighted by molar-refractivity contribution is -0.162. The van der Waals surface area contributed by atoms with Gasteiger partial charge >= 0.3 is 12.1 Å². The summed E-state index contributed by atoms with van der Waals surface area (Å²) < 4.78 is 41.7. The number of thiol groups is 1. The van der Waals surface area contributed by atoms with Crippen molar-refractivity contribution in [2.45, 2.75) is 170 Å². The van der Waals surface area contributed by atoms with Crippen LogP contribution in [0.3, 0.4) is 0 Å². The van der Waals surface area contributed by atoms with Gasteiger partial charge in [0, 0.05) is 65.1 Å². The molecule has 4 fully saturated rings. The van der Waals surface area contributed by atoms with Crippen molar-refractivity contribution in [3.63, 3.8) is 0 Å². The summed E-state index contributed by atoms with van der Waals surface area (Å²) in [6.45, 7) is 15.0. The number of carbonyl (C=O) groups excluding carboxylic acids is 8. The number of halogens is 1. The fraction of sp³-hybridized carbons (Fsp3) is 0.673. The quantitative estimate of drug-likeness (QED) is 0.0657. The van der Waals surface area contributed by atoms with E-state index < -0.39 is 99.7 Å². The number of likely N-dealkylation sites (N-methyl/N-ethyl adjacent to an activating group) is 1. The van der Waals surface area contributed by atoms with Gasteiger partial charge in [0.05, 0.1) is 66.8 Å². The Bertz CT molecular complexity index is 2570. The number of likely N-dealkylation sites (tertiary alicyclic amines) is 2. The number of methoxy groups -OCH3 is 2. The number of nitrogens with one attached hydrogen (secondary N) is 1. The molecule has 2 unspecified atom stereocenters. The molecule has 4 bridgehead atoms. The number of epoxide rings is 1. The molecule has 6 rings (SSSR count). The third-order valence-corrected chi connectivity index (χ3v) is 17.5. The van der Waals surface area contributed by atoms with Crippen molar-refractivity contribution in [2.24, 2.45) is 5.92 Å². The SMILES string of the molecule is COc1cc2cc(c1Cl)N(C)C(=O)C[C@H](OC(=O)[C@@H](C)N(C)C(=O)CCSC1CC(=O)N(CCOC(C)(C)CCOC(C)(C)CCN3C(=O)CC(S)C3=O)C1=O)[C@]1(C)O[C@H]1[C@H](C)[C@@H]1C[C@@](O)(NC(=O)O1)[C@H](OC)/C=C/C=C(\C)C2. The van der Waals surface area contributed by atoms with Crippen LogP contribution in [0.4, 0.5) is 10.5 Å². The predicted octanol–water partition coefficient (Wildman–Crippen LogP) is 5.19. The zero-order valence-corrected chi connectivity index (χ0v) is 49.8. The highest BCUT2D eigenvalue weighted by Gasteiger charge is 2.64. The number of nitrogens with zero attached hydrogens (tertiary/aromatic N) is 4. The van der Waals surface area contributed by atoms with Gasteiger partial charge in [-0.05, 0) is 85.4 Å². The van der Waals surface area contributed by atoms with Gasteiger partial charge in [0.15, 0.2) is 5.72 Å². The number of aliphatic hydroxyl groups is 1. The summed E-state index contributed by atoms with van der Waals surface area (Å²) in [4.78, 5) is 111. The Morgan fingerprint density at radius 2 is 1.63 bits per heavy atom. The number of carbonyl (C=O) groups is 8. The van der Waals surface area contributed by atoms with E-state index in [4.69, 9.17) is 44.8 Å². The van der Waals surface area contributed by atoms with Crippen LogP contribution in [-0.4, -0.2) is 191 Å². The molecular weight excluding hydrogens is 1090 g/mol. The minimum absolute atomic E-state index is 0.0389. The average Bonchev–Trinajstić information content (AvgIpc) is 3.97. The van der Waals surface area contributed by atoms with E-state index in [2.05, 4.69) is 17.9 Å². The number of esters is 1. The normalized spacial score (nSPS) is 29.4. The number of imide groups is 2. The van der Waals surface area contributed by atoms with Crippen LogP contribution in [0, 0.1) is 5.92 Å². The Kier molecular flexibility index (Phi) is 20.9. The molecule has 5 heterocycles. The Morgan fingerprint density at radius 1 is 0.975 bits per heavy atom. The molecule has 2 N–H and O–H groups in total. The molecule has 1 aromatic rings. The largest absolute Gasteiger partial charge is 0.495 e. The highest BCUT2D eigenvalue weighted by atomic mass is 35.5.